The number of hydrogen-bond donors (Lipinski definition) is 1. The van der Waals surface area contributed by atoms with E-state index in [1.165, 1.54) is 6.07 Å². The molecule has 1 N–H and O–H groups in total. The van der Waals surface area contributed by atoms with Gasteiger partial charge < -0.3 is 14.8 Å². The second-order valence-electron chi connectivity index (χ2n) is 4.66. The third-order valence-electron chi connectivity index (χ3n) is 3.03. The number of hydrogen-bond acceptors (Lipinski definition) is 3. The van der Waals surface area contributed by atoms with Crippen LogP contribution in [-0.4, -0.2) is 31.9 Å². The number of fused-ring (bicyclic) bond motifs is 1. The van der Waals surface area contributed by atoms with Gasteiger partial charge in [-0.1, -0.05) is 0 Å². The van der Waals surface area contributed by atoms with Crippen molar-refractivity contribution < 1.29 is 13.9 Å². The maximum atomic E-state index is 13.1. The van der Waals surface area contributed by atoms with Crippen LogP contribution in [0.25, 0.3) is 0 Å². The molecule has 0 aromatic heterocycles. The maximum absolute atomic E-state index is 13.1. The fourth-order valence-corrected chi connectivity index (χ4v) is 2.09. The minimum atomic E-state index is -0.198. The molecular weight excluding hydrogens is 233 g/mol. The van der Waals surface area contributed by atoms with E-state index in [1.54, 1.807) is 12.1 Å². The lowest BCUT2D eigenvalue weighted by atomic mass is 10.1. The zero-order valence-corrected chi connectivity index (χ0v) is 10.9. The third-order valence-corrected chi connectivity index (χ3v) is 3.03. The first-order valence-corrected chi connectivity index (χ1v) is 6.45. The highest BCUT2D eigenvalue weighted by Crippen LogP contribution is 2.28. The van der Waals surface area contributed by atoms with Gasteiger partial charge in [0.2, 0.25) is 0 Å². The molecule has 1 heterocycles. The van der Waals surface area contributed by atoms with Crippen LogP contribution in [0.5, 0.6) is 5.75 Å². The Morgan fingerprint density at radius 2 is 2.39 bits per heavy atom. The highest BCUT2D eigenvalue weighted by atomic mass is 19.1. The van der Waals surface area contributed by atoms with Gasteiger partial charge in [-0.3, -0.25) is 0 Å². The number of ether oxygens (including phenoxy) is 2. The molecule has 0 aliphatic carbocycles. The molecule has 100 valence electrons. The first-order valence-electron chi connectivity index (χ1n) is 6.45. The van der Waals surface area contributed by atoms with Crippen LogP contribution in [0.4, 0.5) is 4.39 Å². The Morgan fingerprint density at radius 3 is 3.17 bits per heavy atom. The van der Waals surface area contributed by atoms with Crippen LogP contribution in [0.1, 0.15) is 19.4 Å². The van der Waals surface area contributed by atoms with Crippen LogP contribution in [0, 0.1) is 5.82 Å². The van der Waals surface area contributed by atoms with Crippen molar-refractivity contribution in [3.8, 4) is 5.75 Å². The Balaban J connectivity index is 1.77. The van der Waals surface area contributed by atoms with E-state index >= 15 is 0 Å². The molecule has 18 heavy (non-hydrogen) atoms. The van der Waals surface area contributed by atoms with Gasteiger partial charge >= 0.3 is 0 Å². The second kappa shape index (κ2) is 6.16. The average molecular weight is 253 g/mol. The normalized spacial score (nSPS) is 19.4. The Bertz CT molecular complexity index is 397. The van der Waals surface area contributed by atoms with Crippen molar-refractivity contribution in [2.24, 2.45) is 0 Å². The molecular formula is C14H20FNO2. The SMILES string of the molecule is CCOCC(C)NCC1Cc2cc(F)ccc2O1. The number of rotatable bonds is 6. The highest BCUT2D eigenvalue weighted by molar-refractivity contribution is 5.37. The summed E-state index contributed by atoms with van der Waals surface area (Å²) in [5, 5.41) is 3.37. The van der Waals surface area contributed by atoms with Gasteiger partial charge in [0, 0.05) is 31.2 Å². The van der Waals surface area contributed by atoms with Crippen molar-refractivity contribution in [3.05, 3.63) is 29.6 Å². The summed E-state index contributed by atoms with van der Waals surface area (Å²) < 4.78 is 24.1. The molecule has 0 spiro atoms. The standard InChI is InChI=1S/C14H20FNO2/c1-3-17-9-10(2)16-8-13-7-11-6-12(15)4-5-14(11)18-13/h4-6,10,13,16H,3,7-9H2,1-2H3. The Labute approximate surface area is 107 Å². The van der Waals surface area contributed by atoms with Gasteiger partial charge in [-0.15, -0.1) is 0 Å². The van der Waals surface area contributed by atoms with Gasteiger partial charge in [-0.25, -0.2) is 4.39 Å². The zero-order valence-electron chi connectivity index (χ0n) is 10.9. The third kappa shape index (κ3) is 3.43. The molecule has 1 aliphatic rings. The van der Waals surface area contributed by atoms with Gasteiger partial charge in [0.15, 0.2) is 0 Å². The summed E-state index contributed by atoms with van der Waals surface area (Å²) in [6.07, 6.45) is 0.854. The lowest BCUT2D eigenvalue weighted by Crippen LogP contribution is -2.38. The molecule has 3 nitrogen and oxygen atoms in total. The summed E-state index contributed by atoms with van der Waals surface area (Å²) >= 11 is 0. The lowest BCUT2D eigenvalue weighted by molar-refractivity contribution is 0.122. The van der Waals surface area contributed by atoms with Crippen LogP contribution in [0.2, 0.25) is 0 Å². The molecule has 0 saturated carbocycles. The minimum Gasteiger partial charge on any atom is -0.488 e. The van der Waals surface area contributed by atoms with E-state index in [2.05, 4.69) is 12.2 Å². The minimum absolute atomic E-state index is 0.0888. The van der Waals surface area contributed by atoms with Crippen molar-refractivity contribution >= 4 is 0 Å². The molecule has 0 saturated heterocycles. The fourth-order valence-electron chi connectivity index (χ4n) is 2.09. The van der Waals surface area contributed by atoms with Gasteiger partial charge in [0.05, 0.1) is 6.61 Å². The molecule has 0 amide bonds. The number of benzene rings is 1. The van der Waals surface area contributed by atoms with Crippen LogP contribution >= 0.6 is 0 Å². The predicted molar refractivity (Wildman–Crippen MR) is 68.5 cm³/mol. The predicted octanol–water partition coefficient (Wildman–Crippen LogP) is 2.14. The molecule has 4 heteroatoms. The summed E-state index contributed by atoms with van der Waals surface area (Å²) in [6.45, 7) is 6.25. The largest absolute Gasteiger partial charge is 0.488 e. The van der Waals surface area contributed by atoms with Crippen LogP contribution in [0.15, 0.2) is 18.2 Å². The van der Waals surface area contributed by atoms with E-state index in [-0.39, 0.29) is 11.9 Å². The van der Waals surface area contributed by atoms with E-state index < -0.39 is 0 Å². The Kier molecular flexibility index (Phi) is 4.55. The van der Waals surface area contributed by atoms with Gasteiger partial charge in [-0.05, 0) is 32.0 Å². The van der Waals surface area contributed by atoms with Crippen molar-refractivity contribution in [3.63, 3.8) is 0 Å². The van der Waals surface area contributed by atoms with E-state index in [0.29, 0.717) is 12.6 Å². The number of nitrogens with one attached hydrogen (secondary N) is 1. The quantitative estimate of drug-likeness (QED) is 0.842. The van der Waals surface area contributed by atoms with Gasteiger partial charge in [0.1, 0.15) is 17.7 Å². The molecule has 0 radical (unpaired) electrons. The summed E-state index contributed by atoms with van der Waals surface area (Å²) in [5.74, 6) is 0.608. The molecule has 2 unspecified atom stereocenters. The highest BCUT2D eigenvalue weighted by Gasteiger charge is 2.23. The molecule has 1 aromatic carbocycles. The van der Waals surface area contributed by atoms with Crippen molar-refractivity contribution in [2.45, 2.75) is 32.4 Å². The van der Waals surface area contributed by atoms with E-state index in [4.69, 9.17) is 9.47 Å². The first kappa shape index (κ1) is 13.3. The number of halogens is 1. The van der Waals surface area contributed by atoms with Crippen LogP contribution < -0.4 is 10.1 Å². The summed E-state index contributed by atoms with van der Waals surface area (Å²) in [7, 11) is 0. The molecule has 1 aromatic rings. The average Bonchev–Trinajstić information content (AvgIpc) is 2.75. The fraction of sp³-hybridized carbons (Fsp3) is 0.571. The van der Waals surface area contributed by atoms with Gasteiger partial charge in [-0.2, -0.15) is 0 Å². The summed E-state index contributed by atoms with van der Waals surface area (Å²) in [6, 6.07) is 4.99. The van der Waals surface area contributed by atoms with E-state index in [1.807, 2.05) is 6.92 Å². The monoisotopic (exact) mass is 253 g/mol. The van der Waals surface area contributed by atoms with Crippen LogP contribution in [-0.2, 0) is 11.2 Å². The summed E-state index contributed by atoms with van der Waals surface area (Å²) in [5.41, 5.74) is 0.958. The van der Waals surface area contributed by atoms with Crippen molar-refractivity contribution in [2.75, 3.05) is 19.8 Å². The van der Waals surface area contributed by atoms with E-state index in [0.717, 1.165) is 30.9 Å². The maximum Gasteiger partial charge on any atom is 0.123 e. The molecule has 2 atom stereocenters. The van der Waals surface area contributed by atoms with Crippen molar-refractivity contribution in [1.29, 1.82) is 0 Å². The molecule has 0 bridgehead atoms. The molecule has 2 rings (SSSR count). The van der Waals surface area contributed by atoms with Gasteiger partial charge in [0.25, 0.3) is 0 Å². The Hall–Kier alpha value is -1.13. The smallest absolute Gasteiger partial charge is 0.123 e. The second-order valence-corrected chi connectivity index (χ2v) is 4.66. The van der Waals surface area contributed by atoms with E-state index in [9.17, 15) is 4.39 Å². The Morgan fingerprint density at radius 1 is 1.56 bits per heavy atom. The van der Waals surface area contributed by atoms with Crippen molar-refractivity contribution in [1.82, 2.24) is 5.32 Å². The lowest BCUT2D eigenvalue weighted by Gasteiger charge is -2.17. The topological polar surface area (TPSA) is 30.5 Å². The molecule has 1 aliphatic heterocycles. The van der Waals surface area contributed by atoms with Crippen LogP contribution in [0.3, 0.4) is 0 Å². The first-order chi connectivity index (χ1) is 8.69. The summed E-state index contributed by atoms with van der Waals surface area (Å²) in [4.78, 5) is 0. The molecule has 0 fully saturated rings. The zero-order chi connectivity index (χ0) is 13.0.